The van der Waals surface area contributed by atoms with Crippen LogP contribution in [-0.2, 0) is 33.6 Å². The number of primary amides is 2. The van der Waals surface area contributed by atoms with Crippen molar-refractivity contribution in [1.29, 1.82) is 0 Å². The maximum Gasteiger partial charge on any atom is 0.326 e. The highest BCUT2D eigenvalue weighted by Gasteiger charge is 2.33. The summed E-state index contributed by atoms with van der Waals surface area (Å²) in [5.41, 5.74) is 15.6. The molecule has 34 heavy (non-hydrogen) atoms. The van der Waals surface area contributed by atoms with Gasteiger partial charge in [0.25, 0.3) is 0 Å². The molecule has 0 fully saturated rings. The second-order valence-electron chi connectivity index (χ2n) is 7.40. The van der Waals surface area contributed by atoms with Crippen molar-refractivity contribution in [3.63, 3.8) is 0 Å². The Labute approximate surface area is 193 Å². The molecule has 0 aliphatic carbocycles. The van der Waals surface area contributed by atoms with E-state index < -0.39 is 84.6 Å². The predicted octanol–water partition coefficient (Wildman–Crippen LogP) is -4.76. The smallest absolute Gasteiger partial charge is 0.326 e. The Kier molecular flexibility index (Phi) is 12.8. The predicted molar refractivity (Wildman–Crippen MR) is 112 cm³/mol. The van der Waals surface area contributed by atoms with Gasteiger partial charge < -0.3 is 48.5 Å². The largest absolute Gasteiger partial charge is 0.481 e. The fraction of sp³-hybridized carbons (Fsp3) is 0.611. The van der Waals surface area contributed by atoms with Gasteiger partial charge in [-0.15, -0.1) is 0 Å². The minimum absolute atomic E-state index is 0.260. The van der Waals surface area contributed by atoms with Crippen molar-refractivity contribution in [3.8, 4) is 0 Å². The summed E-state index contributed by atoms with van der Waals surface area (Å²) in [6.45, 7) is 1.13. The highest BCUT2D eigenvalue weighted by atomic mass is 16.4. The number of rotatable bonds is 16. The molecule has 5 atom stereocenters. The summed E-state index contributed by atoms with van der Waals surface area (Å²) in [7, 11) is 0. The monoisotopic (exact) mass is 490 g/mol. The van der Waals surface area contributed by atoms with Gasteiger partial charge in [0.2, 0.25) is 29.5 Å². The molecular weight excluding hydrogens is 460 g/mol. The number of aliphatic carboxylic acids is 2. The third kappa shape index (κ3) is 11.7. The maximum absolute atomic E-state index is 12.6. The molecule has 5 amide bonds. The highest BCUT2D eigenvalue weighted by Crippen LogP contribution is 2.03. The van der Waals surface area contributed by atoms with Gasteiger partial charge in [-0.25, -0.2) is 4.79 Å². The summed E-state index contributed by atoms with van der Waals surface area (Å²) < 4.78 is 0. The molecule has 0 aromatic heterocycles. The number of hydrogen-bond donors (Lipinski definition) is 9. The summed E-state index contributed by atoms with van der Waals surface area (Å²) in [6, 6.07) is -6.26. The van der Waals surface area contributed by atoms with E-state index >= 15 is 0 Å². The number of carbonyl (C=O) groups is 7. The fourth-order valence-electron chi connectivity index (χ4n) is 2.56. The minimum Gasteiger partial charge on any atom is -0.481 e. The number of nitrogens with two attached hydrogens (primary N) is 3. The van der Waals surface area contributed by atoms with Gasteiger partial charge in [-0.2, -0.15) is 0 Å². The van der Waals surface area contributed by atoms with Crippen LogP contribution in [0.3, 0.4) is 0 Å². The first kappa shape index (κ1) is 30.2. The molecule has 0 radical (unpaired) electrons. The molecule has 0 heterocycles. The second kappa shape index (κ2) is 14.4. The summed E-state index contributed by atoms with van der Waals surface area (Å²) in [5, 5.41) is 34.0. The van der Waals surface area contributed by atoms with Gasteiger partial charge in [-0.05, 0) is 19.8 Å². The average Bonchev–Trinajstić information content (AvgIpc) is 2.70. The van der Waals surface area contributed by atoms with Crippen LogP contribution >= 0.6 is 0 Å². The first-order valence-electron chi connectivity index (χ1n) is 10.0. The number of carboxylic acids is 2. The van der Waals surface area contributed by atoms with E-state index in [-0.39, 0.29) is 19.3 Å². The van der Waals surface area contributed by atoms with Gasteiger partial charge in [0.05, 0.1) is 18.6 Å². The van der Waals surface area contributed by atoms with Crippen molar-refractivity contribution in [2.45, 2.75) is 69.3 Å². The van der Waals surface area contributed by atoms with Crippen LogP contribution in [0.25, 0.3) is 0 Å². The number of aliphatic hydroxyl groups is 1. The van der Waals surface area contributed by atoms with E-state index in [1.807, 2.05) is 5.32 Å². The van der Waals surface area contributed by atoms with Crippen molar-refractivity contribution < 1.29 is 48.9 Å². The number of nitrogens with one attached hydrogen (secondary N) is 3. The van der Waals surface area contributed by atoms with Crippen LogP contribution in [0.15, 0.2) is 0 Å². The minimum atomic E-state index is -1.70. The van der Waals surface area contributed by atoms with E-state index in [0.29, 0.717) is 0 Å². The molecule has 0 aromatic rings. The molecular formula is C18H30N6O10. The Morgan fingerprint density at radius 2 is 1.32 bits per heavy atom. The van der Waals surface area contributed by atoms with E-state index in [9.17, 15) is 43.8 Å². The van der Waals surface area contributed by atoms with Crippen LogP contribution in [0, 0.1) is 0 Å². The number of carbonyl (C=O) groups excluding carboxylic acids is 5. The second-order valence-corrected chi connectivity index (χ2v) is 7.40. The van der Waals surface area contributed by atoms with E-state index in [4.69, 9.17) is 22.3 Å². The van der Waals surface area contributed by atoms with Crippen LogP contribution in [0.5, 0.6) is 0 Å². The Bertz CT molecular complexity index is 802. The average molecular weight is 490 g/mol. The third-order valence-corrected chi connectivity index (χ3v) is 4.40. The van der Waals surface area contributed by atoms with Gasteiger partial charge in [0, 0.05) is 12.8 Å². The Balaban J connectivity index is 5.43. The first-order valence-corrected chi connectivity index (χ1v) is 10.0. The van der Waals surface area contributed by atoms with Crippen LogP contribution in [0.1, 0.15) is 39.0 Å². The number of carboxylic acid groups (broad SMARTS) is 2. The Hall–Kier alpha value is -3.79. The topological polar surface area (TPSA) is 294 Å². The molecule has 12 N–H and O–H groups in total. The van der Waals surface area contributed by atoms with Crippen molar-refractivity contribution in [3.05, 3.63) is 0 Å². The lowest BCUT2D eigenvalue weighted by Crippen LogP contribution is -2.60. The third-order valence-electron chi connectivity index (χ3n) is 4.40. The van der Waals surface area contributed by atoms with Crippen molar-refractivity contribution in [1.82, 2.24) is 16.0 Å². The molecule has 0 bridgehead atoms. The summed E-state index contributed by atoms with van der Waals surface area (Å²) >= 11 is 0. The molecule has 0 aliphatic rings. The van der Waals surface area contributed by atoms with E-state index in [2.05, 4.69) is 10.6 Å². The molecule has 0 aliphatic heterocycles. The van der Waals surface area contributed by atoms with Crippen molar-refractivity contribution in [2.24, 2.45) is 17.2 Å². The zero-order valence-corrected chi connectivity index (χ0v) is 18.4. The van der Waals surface area contributed by atoms with Gasteiger partial charge >= 0.3 is 11.9 Å². The Morgan fingerprint density at radius 1 is 0.765 bits per heavy atom. The number of hydrogen-bond acceptors (Lipinski definition) is 9. The summed E-state index contributed by atoms with van der Waals surface area (Å²) in [6.07, 6.45) is -3.71. The standard InChI is InChI=1S/C18H30N6O10/c1-7(25)14(24-15(30)8(19)2-5-13(28)29)17(32)23-10(6-12(21)27)16(31)22-9(18(33)34)3-4-11(20)26/h7-10,14,25H,2-6,19H2,1H3,(H2,20,26)(H2,21,27)(H,22,31)(H,23,32)(H,24,30)(H,28,29)(H,33,34). The van der Waals surface area contributed by atoms with E-state index in [1.165, 1.54) is 0 Å². The van der Waals surface area contributed by atoms with Crippen molar-refractivity contribution >= 4 is 41.5 Å². The molecule has 192 valence electrons. The van der Waals surface area contributed by atoms with Gasteiger partial charge in [-0.1, -0.05) is 0 Å². The SMILES string of the molecule is CC(O)C(NC(=O)C(N)CCC(=O)O)C(=O)NC(CC(N)=O)C(=O)NC(CCC(N)=O)C(=O)O. The Morgan fingerprint density at radius 3 is 1.76 bits per heavy atom. The highest BCUT2D eigenvalue weighted by molar-refractivity contribution is 5.96. The molecule has 5 unspecified atom stereocenters. The molecule has 0 rings (SSSR count). The van der Waals surface area contributed by atoms with Crippen LogP contribution in [0.4, 0.5) is 0 Å². The van der Waals surface area contributed by atoms with E-state index in [0.717, 1.165) is 6.92 Å². The lowest BCUT2D eigenvalue weighted by molar-refractivity contribution is -0.143. The quantitative estimate of drug-likeness (QED) is 0.0988. The molecule has 0 spiro atoms. The van der Waals surface area contributed by atoms with Crippen LogP contribution in [-0.4, -0.2) is 87.1 Å². The van der Waals surface area contributed by atoms with Gasteiger partial charge in [0.1, 0.15) is 18.1 Å². The normalized spacial score (nSPS) is 15.0. The molecule has 16 heteroatoms. The zero-order valence-electron chi connectivity index (χ0n) is 18.4. The maximum atomic E-state index is 12.6. The fourth-order valence-corrected chi connectivity index (χ4v) is 2.56. The zero-order chi connectivity index (χ0) is 26.6. The molecule has 0 saturated heterocycles. The van der Waals surface area contributed by atoms with Crippen LogP contribution in [0.2, 0.25) is 0 Å². The lowest BCUT2D eigenvalue weighted by atomic mass is 10.1. The first-order chi connectivity index (χ1) is 15.6. The molecule has 0 aromatic carbocycles. The van der Waals surface area contributed by atoms with E-state index in [1.54, 1.807) is 0 Å². The summed E-state index contributed by atoms with van der Waals surface area (Å²) in [4.78, 5) is 81.4. The van der Waals surface area contributed by atoms with Crippen molar-refractivity contribution in [2.75, 3.05) is 0 Å². The van der Waals surface area contributed by atoms with Gasteiger partial charge in [0.15, 0.2) is 0 Å². The van der Waals surface area contributed by atoms with Crippen LogP contribution < -0.4 is 33.2 Å². The number of amides is 5. The molecule has 16 nitrogen and oxygen atoms in total. The molecule has 0 saturated carbocycles. The summed E-state index contributed by atoms with van der Waals surface area (Å²) in [5.74, 6) is -7.82. The van der Waals surface area contributed by atoms with Gasteiger partial charge in [-0.3, -0.25) is 28.8 Å². The lowest BCUT2D eigenvalue weighted by Gasteiger charge is -2.26. The number of aliphatic hydroxyl groups excluding tert-OH is 1.